The number of aliphatic hydroxyl groups is 1. The second-order valence-electron chi connectivity index (χ2n) is 8.49. The fourth-order valence-corrected chi connectivity index (χ4v) is 4.02. The number of unbranched alkanes of at least 4 members (excludes halogenated alkanes) is 9. The molecule has 1 aromatic carbocycles. The molecule has 1 aromatic rings. The van der Waals surface area contributed by atoms with E-state index >= 15 is 0 Å². The number of benzene rings is 1. The van der Waals surface area contributed by atoms with Crippen molar-refractivity contribution < 1.29 is 14.7 Å². The molecule has 1 heterocycles. The second kappa shape index (κ2) is 14.3. The van der Waals surface area contributed by atoms with E-state index in [2.05, 4.69) is 12.2 Å². The van der Waals surface area contributed by atoms with Crippen LogP contribution < -0.4 is 5.32 Å². The maximum atomic E-state index is 12.3. The smallest absolute Gasteiger partial charge is 0.261 e. The molecule has 0 bridgehead atoms. The highest BCUT2D eigenvalue weighted by Gasteiger charge is 2.34. The number of aliphatic hydroxyl groups excluding tert-OH is 1. The standard InChI is InChI=1S/C25H40N2O3/c1-2-3-4-5-8-13-18-26-20-21(28)15-10-7-6-9-14-19-27-24(29)22-16-11-12-17-23(22)25(27)30/h11-12,16-17,21,26,28H,2-10,13-15,18-20H2,1H3. The van der Waals surface area contributed by atoms with Crippen molar-refractivity contribution in [3.05, 3.63) is 35.4 Å². The summed E-state index contributed by atoms with van der Waals surface area (Å²) in [5.41, 5.74) is 1.06. The number of amides is 2. The van der Waals surface area contributed by atoms with Gasteiger partial charge in [-0.3, -0.25) is 14.5 Å². The summed E-state index contributed by atoms with van der Waals surface area (Å²) in [6.45, 7) is 4.42. The number of hydrogen-bond donors (Lipinski definition) is 2. The fraction of sp³-hybridized carbons (Fsp3) is 0.680. The first kappa shape index (κ1) is 24.5. The Morgan fingerprint density at radius 2 is 1.40 bits per heavy atom. The summed E-state index contributed by atoms with van der Waals surface area (Å²) in [5, 5.41) is 13.4. The molecule has 0 saturated carbocycles. The van der Waals surface area contributed by atoms with E-state index < -0.39 is 0 Å². The van der Waals surface area contributed by atoms with E-state index in [4.69, 9.17) is 0 Å². The van der Waals surface area contributed by atoms with Crippen LogP contribution in [0, 0.1) is 0 Å². The van der Waals surface area contributed by atoms with Crippen LogP contribution in [0.25, 0.3) is 0 Å². The van der Waals surface area contributed by atoms with Gasteiger partial charge in [-0.2, -0.15) is 0 Å². The molecular weight excluding hydrogens is 376 g/mol. The van der Waals surface area contributed by atoms with Gasteiger partial charge >= 0.3 is 0 Å². The Bertz CT molecular complexity index is 612. The Balaban J connectivity index is 1.42. The van der Waals surface area contributed by atoms with Crippen LogP contribution in [0.1, 0.15) is 105 Å². The Labute approximate surface area is 182 Å². The van der Waals surface area contributed by atoms with E-state index in [1.54, 1.807) is 24.3 Å². The Hall–Kier alpha value is -1.72. The van der Waals surface area contributed by atoms with Gasteiger partial charge in [0.15, 0.2) is 0 Å². The quantitative estimate of drug-likeness (QED) is 0.279. The van der Waals surface area contributed by atoms with Crippen LogP contribution >= 0.6 is 0 Å². The third kappa shape index (κ3) is 8.19. The molecule has 0 radical (unpaired) electrons. The molecule has 0 fully saturated rings. The molecule has 0 aromatic heterocycles. The van der Waals surface area contributed by atoms with Gasteiger partial charge < -0.3 is 10.4 Å². The summed E-state index contributed by atoms with van der Waals surface area (Å²) < 4.78 is 0. The number of carbonyl (C=O) groups is 2. The number of fused-ring (bicyclic) bond motifs is 1. The summed E-state index contributed by atoms with van der Waals surface area (Å²) in [6.07, 6.45) is 13.4. The SMILES string of the molecule is CCCCCCCCNCC(O)CCCCCCCN1C(=O)c2ccccc2C1=O. The monoisotopic (exact) mass is 416 g/mol. The van der Waals surface area contributed by atoms with Crippen LogP contribution in [0.5, 0.6) is 0 Å². The molecule has 5 nitrogen and oxygen atoms in total. The highest BCUT2D eigenvalue weighted by Crippen LogP contribution is 2.23. The lowest BCUT2D eigenvalue weighted by Crippen LogP contribution is -2.30. The normalized spacial score (nSPS) is 14.4. The number of hydrogen-bond acceptors (Lipinski definition) is 4. The zero-order chi connectivity index (χ0) is 21.6. The molecule has 1 aliphatic rings. The predicted molar refractivity (Wildman–Crippen MR) is 122 cm³/mol. The first-order valence-corrected chi connectivity index (χ1v) is 12.0. The van der Waals surface area contributed by atoms with E-state index in [9.17, 15) is 14.7 Å². The predicted octanol–water partition coefficient (Wildman–Crippen LogP) is 4.93. The van der Waals surface area contributed by atoms with E-state index in [0.717, 1.165) is 45.1 Å². The highest BCUT2D eigenvalue weighted by atomic mass is 16.3. The molecule has 30 heavy (non-hydrogen) atoms. The number of imide groups is 1. The van der Waals surface area contributed by atoms with Crippen LogP contribution in [0.15, 0.2) is 24.3 Å². The van der Waals surface area contributed by atoms with Crippen molar-refractivity contribution in [2.24, 2.45) is 0 Å². The molecule has 1 unspecified atom stereocenters. The maximum Gasteiger partial charge on any atom is 0.261 e. The molecular formula is C25H40N2O3. The van der Waals surface area contributed by atoms with Crippen molar-refractivity contribution in [1.29, 1.82) is 0 Å². The number of rotatable bonds is 17. The second-order valence-corrected chi connectivity index (χ2v) is 8.49. The third-order valence-electron chi connectivity index (χ3n) is 5.88. The molecule has 2 rings (SSSR count). The largest absolute Gasteiger partial charge is 0.392 e. The van der Waals surface area contributed by atoms with E-state index in [0.29, 0.717) is 24.2 Å². The number of nitrogens with one attached hydrogen (secondary N) is 1. The van der Waals surface area contributed by atoms with Crippen molar-refractivity contribution >= 4 is 11.8 Å². The van der Waals surface area contributed by atoms with Gasteiger partial charge in [-0.05, 0) is 37.9 Å². The van der Waals surface area contributed by atoms with Crippen molar-refractivity contribution in [3.63, 3.8) is 0 Å². The van der Waals surface area contributed by atoms with Gasteiger partial charge in [0.25, 0.3) is 11.8 Å². The summed E-state index contributed by atoms with van der Waals surface area (Å²) in [4.78, 5) is 26.0. The highest BCUT2D eigenvalue weighted by molar-refractivity contribution is 6.21. The van der Waals surface area contributed by atoms with Crippen LogP contribution in [0.4, 0.5) is 0 Å². The first-order valence-electron chi connectivity index (χ1n) is 12.0. The average molecular weight is 417 g/mol. The minimum Gasteiger partial charge on any atom is -0.392 e. The Morgan fingerprint density at radius 1 is 0.833 bits per heavy atom. The number of nitrogens with zero attached hydrogens (tertiary/aromatic N) is 1. The fourth-order valence-electron chi connectivity index (χ4n) is 4.02. The summed E-state index contributed by atoms with van der Waals surface area (Å²) >= 11 is 0. The summed E-state index contributed by atoms with van der Waals surface area (Å²) in [7, 11) is 0. The van der Waals surface area contributed by atoms with E-state index in [-0.39, 0.29) is 17.9 Å². The van der Waals surface area contributed by atoms with Gasteiger partial charge in [0.05, 0.1) is 17.2 Å². The molecule has 2 N–H and O–H groups in total. The molecule has 168 valence electrons. The topological polar surface area (TPSA) is 69.6 Å². The van der Waals surface area contributed by atoms with Gasteiger partial charge in [0, 0.05) is 13.1 Å². The van der Waals surface area contributed by atoms with E-state index in [1.165, 1.54) is 43.4 Å². The lowest BCUT2D eigenvalue weighted by Gasteiger charge is -2.14. The van der Waals surface area contributed by atoms with Gasteiger partial charge in [-0.25, -0.2) is 0 Å². The van der Waals surface area contributed by atoms with Crippen molar-refractivity contribution in [2.75, 3.05) is 19.6 Å². The molecule has 0 aliphatic carbocycles. The van der Waals surface area contributed by atoms with Crippen LogP contribution in [0.2, 0.25) is 0 Å². The van der Waals surface area contributed by atoms with Gasteiger partial charge in [0.2, 0.25) is 0 Å². The Kier molecular flexibility index (Phi) is 11.7. The van der Waals surface area contributed by atoms with Crippen LogP contribution in [0.3, 0.4) is 0 Å². The van der Waals surface area contributed by atoms with Crippen LogP contribution in [-0.2, 0) is 0 Å². The number of carbonyl (C=O) groups excluding carboxylic acids is 2. The van der Waals surface area contributed by atoms with Crippen molar-refractivity contribution in [2.45, 2.75) is 90.1 Å². The maximum absolute atomic E-state index is 12.3. The zero-order valence-corrected chi connectivity index (χ0v) is 18.7. The third-order valence-corrected chi connectivity index (χ3v) is 5.88. The van der Waals surface area contributed by atoms with Crippen LogP contribution in [-0.4, -0.2) is 47.6 Å². The molecule has 2 amide bonds. The molecule has 0 saturated heterocycles. The Morgan fingerprint density at radius 3 is 2.07 bits per heavy atom. The average Bonchev–Trinajstić information content (AvgIpc) is 3.00. The summed E-state index contributed by atoms with van der Waals surface area (Å²) in [6, 6.07) is 7.05. The minimum absolute atomic E-state index is 0.160. The summed E-state index contributed by atoms with van der Waals surface area (Å²) in [5.74, 6) is -0.320. The lowest BCUT2D eigenvalue weighted by atomic mass is 10.1. The zero-order valence-electron chi connectivity index (χ0n) is 18.7. The first-order chi connectivity index (χ1) is 14.6. The minimum atomic E-state index is -0.261. The molecule has 5 heteroatoms. The van der Waals surface area contributed by atoms with Crippen molar-refractivity contribution in [1.82, 2.24) is 10.2 Å². The van der Waals surface area contributed by atoms with Gasteiger partial charge in [-0.1, -0.05) is 76.8 Å². The van der Waals surface area contributed by atoms with Gasteiger partial charge in [0.1, 0.15) is 0 Å². The molecule has 1 atom stereocenters. The molecule has 1 aliphatic heterocycles. The lowest BCUT2D eigenvalue weighted by molar-refractivity contribution is 0.0651. The van der Waals surface area contributed by atoms with Crippen molar-refractivity contribution in [3.8, 4) is 0 Å². The van der Waals surface area contributed by atoms with Gasteiger partial charge in [-0.15, -0.1) is 0 Å². The van der Waals surface area contributed by atoms with E-state index in [1.807, 2.05) is 0 Å². The molecule has 0 spiro atoms.